The van der Waals surface area contributed by atoms with Crippen LogP contribution < -0.4 is 20.3 Å². The Labute approximate surface area is 242 Å². The van der Waals surface area contributed by atoms with Gasteiger partial charge in [-0.2, -0.15) is 13.2 Å². The van der Waals surface area contributed by atoms with Gasteiger partial charge < -0.3 is 35.3 Å². The summed E-state index contributed by atoms with van der Waals surface area (Å²) in [5.41, 5.74) is 2.05. The molecule has 1 saturated heterocycles. The second-order valence-corrected chi connectivity index (χ2v) is 10.6. The van der Waals surface area contributed by atoms with Crippen LogP contribution in [0.1, 0.15) is 36.4 Å². The van der Waals surface area contributed by atoms with E-state index in [1.807, 2.05) is 18.7 Å². The molecular formula is C29H36F3N7O3. The van der Waals surface area contributed by atoms with Gasteiger partial charge in [0, 0.05) is 42.0 Å². The largest absolute Gasteiger partial charge is 0.491 e. The van der Waals surface area contributed by atoms with Gasteiger partial charge in [0.05, 0.1) is 34.8 Å². The summed E-state index contributed by atoms with van der Waals surface area (Å²) in [6, 6.07) is 3.55. The van der Waals surface area contributed by atoms with E-state index in [1.54, 1.807) is 34.0 Å². The Morgan fingerprint density at radius 3 is 2.55 bits per heavy atom. The minimum atomic E-state index is -4.70. The van der Waals surface area contributed by atoms with Crippen LogP contribution in [0.2, 0.25) is 0 Å². The van der Waals surface area contributed by atoms with Crippen LogP contribution >= 0.6 is 0 Å². The summed E-state index contributed by atoms with van der Waals surface area (Å²) in [5.74, 6) is 0.833. The minimum absolute atomic E-state index is 0.120. The predicted molar refractivity (Wildman–Crippen MR) is 154 cm³/mol. The predicted octanol–water partition coefficient (Wildman–Crippen LogP) is 4.42. The number of rotatable bonds is 10. The molecule has 1 aliphatic rings. The fourth-order valence-corrected chi connectivity index (χ4v) is 4.73. The van der Waals surface area contributed by atoms with Crippen molar-refractivity contribution in [2.75, 3.05) is 38.2 Å². The first-order valence-electron chi connectivity index (χ1n) is 13.6. The van der Waals surface area contributed by atoms with E-state index in [-0.39, 0.29) is 42.9 Å². The summed E-state index contributed by atoms with van der Waals surface area (Å²) in [5, 5.41) is 28.6. The molecule has 0 radical (unpaired) electrons. The van der Waals surface area contributed by atoms with Gasteiger partial charge in [0.25, 0.3) is 0 Å². The van der Waals surface area contributed by atoms with Gasteiger partial charge in [-0.1, -0.05) is 5.16 Å². The van der Waals surface area contributed by atoms with E-state index in [0.29, 0.717) is 46.3 Å². The number of benzene rings is 1. The maximum atomic E-state index is 14.3. The van der Waals surface area contributed by atoms with E-state index < -0.39 is 17.8 Å². The normalized spacial score (nSPS) is 15.6. The van der Waals surface area contributed by atoms with Crippen molar-refractivity contribution in [3.8, 4) is 28.4 Å². The zero-order chi connectivity index (χ0) is 30.8. The van der Waals surface area contributed by atoms with Crippen molar-refractivity contribution in [2.24, 2.45) is 0 Å². The zero-order valence-corrected chi connectivity index (χ0v) is 24.5. The number of aliphatic hydroxyl groups is 1. The average molecular weight is 588 g/mol. The lowest BCUT2D eigenvalue weighted by atomic mass is 10.0. The molecular weight excluding hydrogens is 551 g/mol. The molecule has 0 amide bonds. The summed E-state index contributed by atoms with van der Waals surface area (Å²) in [4.78, 5) is 11.2. The molecule has 1 aliphatic heterocycles. The fraction of sp³-hybridized carbons (Fsp3) is 0.448. The summed E-state index contributed by atoms with van der Waals surface area (Å²) in [6.07, 6.45) is -3.76. The number of ether oxygens (including phenoxy) is 1. The van der Waals surface area contributed by atoms with E-state index in [4.69, 9.17) is 14.7 Å². The molecule has 0 aliphatic carbocycles. The molecule has 10 nitrogen and oxygen atoms in total. The number of hydrogen-bond donors (Lipinski definition) is 4. The Hall–Kier alpha value is -3.97. The lowest BCUT2D eigenvalue weighted by molar-refractivity contribution is -0.137. The van der Waals surface area contributed by atoms with Crippen LogP contribution in [0.5, 0.6) is 5.75 Å². The zero-order valence-electron chi connectivity index (χ0n) is 24.5. The van der Waals surface area contributed by atoms with Crippen LogP contribution in [0, 0.1) is 26.2 Å². The van der Waals surface area contributed by atoms with Crippen molar-refractivity contribution in [1.29, 1.82) is 5.41 Å². The highest BCUT2D eigenvalue weighted by Crippen LogP contribution is 2.41. The van der Waals surface area contributed by atoms with Crippen LogP contribution in [0.25, 0.3) is 22.6 Å². The minimum Gasteiger partial charge on any atom is -0.491 e. The lowest BCUT2D eigenvalue weighted by Crippen LogP contribution is -2.29. The third kappa shape index (κ3) is 6.73. The first-order chi connectivity index (χ1) is 19.8. The summed E-state index contributed by atoms with van der Waals surface area (Å²) < 4.78 is 53.9. The maximum absolute atomic E-state index is 14.3. The van der Waals surface area contributed by atoms with Crippen molar-refractivity contribution in [3.63, 3.8) is 0 Å². The topological polar surface area (TPSA) is 132 Å². The van der Waals surface area contributed by atoms with Gasteiger partial charge in [-0.3, -0.25) is 0 Å². The molecule has 1 fully saturated rings. The molecule has 0 unspecified atom stereocenters. The van der Waals surface area contributed by atoms with Crippen LogP contribution in [0.3, 0.4) is 0 Å². The molecule has 4 N–H and O–H groups in total. The summed E-state index contributed by atoms with van der Waals surface area (Å²) >= 11 is 0. The van der Waals surface area contributed by atoms with Gasteiger partial charge in [-0.15, -0.1) is 0 Å². The van der Waals surface area contributed by atoms with Crippen LogP contribution in [-0.2, 0) is 6.18 Å². The van der Waals surface area contributed by atoms with Crippen molar-refractivity contribution in [3.05, 3.63) is 52.6 Å². The third-order valence-electron chi connectivity index (χ3n) is 6.80. The molecule has 226 valence electrons. The molecule has 2 aromatic heterocycles. The van der Waals surface area contributed by atoms with E-state index >= 15 is 0 Å². The molecule has 3 heterocycles. The second-order valence-electron chi connectivity index (χ2n) is 10.6. The van der Waals surface area contributed by atoms with Gasteiger partial charge in [0.15, 0.2) is 5.82 Å². The first-order valence-corrected chi connectivity index (χ1v) is 13.6. The van der Waals surface area contributed by atoms with Crippen LogP contribution in [0.4, 0.5) is 19.0 Å². The molecule has 0 spiro atoms. The standard InChI is InChI=1S/C29H36F3N7O3/c1-15(2)35-10-19-12-39(13-24(19)33)28-16(3)26(25-17(4)38-42-18(25)5)36-27(37-28)22-9-21(41-14-20(40)11-34-6)7-8-23(22)29(30,31)32/h7-10,15,20,33-35,40H,11-14H2,1-6H3/b19-10-,33-24?/t20-/m1/s1. The van der Waals surface area contributed by atoms with Gasteiger partial charge in [0.1, 0.15) is 30.0 Å². The summed E-state index contributed by atoms with van der Waals surface area (Å²) in [6.45, 7) is 9.93. The van der Waals surface area contributed by atoms with Gasteiger partial charge >= 0.3 is 6.18 Å². The quantitative estimate of drug-likeness (QED) is 0.272. The number of hydrogen-bond acceptors (Lipinski definition) is 10. The van der Waals surface area contributed by atoms with Gasteiger partial charge in [0.2, 0.25) is 0 Å². The third-order valence-corrected chi connectivity index (χ3v) is 6.80. The smallest absolute Gasteiger partial charge is 0.417 e. The van der Waals surface area contributed by atoms with E-state index in [9.17, 15) is 18.3 Å². The molecule has 0 saturated carbocycles. The van der Waals surface area contributed by atoms with Crippen molar-refractivity contribution < 1.29 is 27.5 Å². The number of halogens is 3. The number of likely N-dealkylation sites (N-methyl/N-ethyl adjacent to an activating group) is 1. The molecule has 42 heavy (non-hydrogen) atoms. The number of alkyl halides is 3. The first kappa shape index (κ1) is 31.0. The van der Waals surface area contributed by atoms with Crippen molar-refractivity contribution in [2.45, 2.75) is 52.9 Å². The number of nitrogens with one attached hydrogen (secondary N) is 3. The van der Waals surface area contributed by atoms with Crippen molar-refractivity contribution in [1.82, 2.24) is 25.8 Å². The SMILES string of the molecule is CNC[C@@H](O)COc1ccc(C(F)(F)F)c(-c2nc(-c3c(C)noc3C)c(C)c(N3CC(=N)/C(=C\NC(C)C)C3)n2)c1. The number of nitrogens with zero attached hydrogens (tertiary/aromatic N) is 4. The van der Waals surface area contributed by atoms with E-state index in [1.165, 1.54) is 12.1 Å². The average Bonchev–Trinajstić information content (AvgIpc) is 3.46. The molecule has 1 atom stereocenters. The molecule has 13 heteroatoms. The molecule has 3 aromatic rings. The molecule has 1 aromatic carbocycles. The van der Waals surface area contributed by atoms with E-state index in [2.05, 4.69) is 25.8 Å². The van der Waals surface area contributed by atoms with Gasteiger partial charge in [-0.05, 0) is 59.9 Å². The number of anilines is 1. The molecule has 0 bridgehead atoms. The monoisotopic (exact) mass is 587 g/mol. The fourth-order valence-electron chi connectivity index (χ4n) is 4.73. The Morgan fingerprint density at radius 2 is 1.93 bits per heavy atom. The second kappa shape index (κ2) is 12.5. The van der Waals surface area contributed by atoms with Crippen molar-refractivity contribution >= 4 is 11.5 Å². The number of aromatic nitrogens is 3. The number of aliphatic hydroxyl groups excluding tert-OH is 1. The molecule has 4 rings (SSSR count). The maximum Gasteiger partial charge on any atom is 0.417 e. The van der Waals surface area contributed by atoms with Gasteiger partial charge in [-0.25, -0.2) is 9.97 Å². The Morgan fingerprint density at radius 1 is 1.19 bits per heavy atom. The Bertz CT molecular complexity index is 1460. The highest BCUT2D eigenvalue weighted by atomic mass is 19.4. The van der Waals surface area contributed by atoms with Crippen LogP contribution in [0.15, 0.2) is 34.5 Å². The lowest BCUT2D eigenvalue weighted by Gasteiger charge is -2.22. The highest BCUT2D eigenvalue weighted by Gasteiger charge is 2.36. The van der Waals surface area contributed by atoms with Crippen LogP contribution in [-0.4, -0.2) is 71.4 Å². The summed E-state index contributed by atoms with van der Waals surface area (Å²) in [7, 11) is 1.67. The number of aryl methyl sites for hydroxylation is 2. The van der Waals surface area contributed by atoms with E-state index in [0.717, 1.165) is 11.6 Å². The highest BCUT2D eigenvalue weighted by molar-refractivity contribution is 6.05. The Kier molecular flexibility index (Phi) is 9.21. The Balaban J connectivity index is 1.89.